The van der Waals surface area contributed by atoms with E-state index in [1.54, 1.807) is 12.0 Å². The van der Waals surface area contributed by atoms with Crippen molar-refractivity contribution in [2.75, 3.05) is 40.3 Å². The van der Waals surface area contributed by atoms with Crippen LogP contribution in [0.5, 0.6) is 0 Å². The van der Waals surface area contributed by atoms with Gasteiger partial charge in [-0.25, -0.2) is 0 Å². The van der Waals surface area contributed by atoms with Gasteiger partial charge in [0.15, 0.2) is 34.7 Å². The van der Waals surface area contributed by atoms with E-state index in [4.69, 9.17) is 4.74 Å². The van der Waals surface area contributed by atoms with Gasteiger partial charge in [-0.15, -0.1) is 0 Å². The molecule has 0 saturated carbocycles. The lowest BCUT2D eigenvalue weighted by atomic mass is 9.88. The number of Topliss-reactive ketones (excluding diaryl/α,β-unsaturated/α-hetero) is 5. The number of carbonyl (C=O) groups is 9. The average molecular weight is 747 g/mol. The molecule has 13 nitrogen and oxygen atoms in total. The third-order valence-electron chi connectivity index (χ3n) is 9.23. The standard InChI is InChI=1S/C26H19NO7.C5H9NO.C5H10O2.C5H12O/c1-27-7-6-14(10-27)22(30)20-25(33)16-5-3-13(9-18(16)26(20)34)21(29)12-2-4-15-17(8-12)24(32)19(11-28)23(15)31;7-5-6-3-1-2-4-6;1-5(2,3)7-4-6;1-5(2,3)6-4/h2-5,8-9,11,14,19-20H,6-7,10H2,1H3;5H,1-4H2;4H,1-3H3;1-4H3. The summed E-state index contributed by atoms with van der Waals surface area (Å²) in [6.07, 6.45) is 4.19. The molecule has 0 aromatic heterocycles. The summed E-state index contributed by atoms with van der Waals surface area (Å²) >= 11 is 0. The first-order chi connectivity index (χ1) is 25.3. The minimum Gasteiger partial charge on any atom is -0.462 e. The van der Waals surface area contributed by atoms with Crippen LogP contribution in [0.2, 0.25) is 0 Å². The second kappa shape index (κ2) is 18.4. The van der Waals surface area contributed by atoms with Crippen LogP contribution in [-0.2, 0) is 28.7 Å². The molecule has 2 saturated heterocycles. The highest BCUT2D eigenvalue weighted by Crippen LogP contribution is 2.33. The second-order valence-corrected chi connectivity index (χ2v) is 15.5. The Morgan fingerprint density at radius 1 is 0.722 bits per heavy atom. The maximum absolute atomic E-state index is 13.1. The fourth-order valence-electron chi connectivity index (χ4n) is 6.04. The summed E-state index contributed by atoms with van der Waals surface area (Å²) in [4.78, 5) is 111. The van der Waals surface area contributed by atoms with Crippen molar-refractivity contribution in [1.29, 1.82) is 0 Å². The number of likely N-dealkylation sites (tertiary alicyclic amines) is 2. The molecule has 1 amide bonds. The van der Waals surface area contributed by atoms with Gasteiger partial charge in [-0.2, -0.15) is 0 Å². The molecule has 3 unspecified atom stereocenters. The summed E-state index contributed by atoms with van der Waals surface area (Å²) in [5.74, 6) is -6.43. The molecule has 2 aliphatic carbocycles. The fourth-order valence-corrected chi connectivity index (χ4v) is 6.04. The monoisotopic (exact) mass is 746 g/mol. The van der Waals surface area contributed by atoms with Gasteiger partial charge in [-0.1, -0.05) is 12.1 Å². The summed E-state index contributed by atoms with van der Waals surface area (Å²) in [5, 5.41) is 0. The van der Waals surface area contributed by atoms with Crippen LogP contribution in [0, 0.1) is 17.8 Å². The van der Waals surface area contributed by atoms with E-state index in [0.29, 0.717) is 19.4 Å². The van der Waals surface area contributed by atoms with E-state index in [9.17, 15) is 43.2 Å². The first-order valence-corrected chi connectivity index (χ1v) is 17.8. The van der Waals surface area contributed by atoms with Crippen LogP contribution >= 0.6 is 0 Å². The summed E-state index contributed by atoms with van der Waals surface area (Å²) < 4.78 is 9.49. The zero-order valence-electron chi connectivity index (χ0n) is 32.3. The molecule has 0 radical (unpaired) electrons. The summed E-state index contributed by atoms with van der Waals surface area (Å²) in [6.45, 7) is 15.2. The van der Waals surface area contributed by atoms with Crippen LogP contribution in [0.25, 0.3) is 0 Å². The van der Waals surface area contributed by atoms with Crippen LogP contribution in [0.3, 0.4) is 0 Å². The van der Waals surface area contributed by atoms with Gasteiger partial charge in [0.2, 0.25) is 6.41 Å². The van der Waals surface area contributed by atoms with Crippen molar-refractivity contribution in [3.8, 4) is 0 Å². The van der Waals surface area contributed by atoms with Crippen molar-refractivity contribution < 1.29 is 52.6 Å². The van der Waals surface area contributed by atoms with E-state index in [-0.39, 0.29) is 62.6 Å². The lowest BCUT2D eigenvalue weighted by Gasteiger charge is -2.14. The highest BCUT2D eigenvalue weighted by Gasteiger charge is 2.46. The van der Waals surface area contributed by atoms with Crippen molar-refractivity contribution >= 4 is 53.9 Å². The molecule has 2 aromatic rings. The maximum Gasteiger partial charge on any atom is 0.293 e. The first kappa shape index (κ1) is 43.4. The fraction of sp³-hybridized carbons (Fsp3) is 0.488. The van der Waals surface area contributed by atoms with Crippen molar-refractivity contribution in [2.45, 2.75) is 72.0 Å². The Labute approximate surface area is 315 Å². The predicted octanol–water partition coefficient (Wildman–Crippen LogP) is 4.26. The highest BCUT2D eigenvalue weighted by atomic mass is 16.5. The van der Waals surface area contributed by atoms with E-state index in [1.807, 2.05) is 53.5 Å². The number of hydrogen-bond donors (Lipinski definition) is 0. The molecule has 3 atom stereocenters. The van der Waals surface area contributed by atoms with Gasteiger partial charge < -0.3 is 24.1 Å². The third kappa shape index (κ3) is 10.8. The van der Waals surface area contributed by atoms with Gasteiger partial charge in [-0.05, 0) is 98.7 Å². The molecule has 2 aliphatic heterocycles. The summed E-state index contributed by atoms with van der Waals surface area (Å²) in [7, 11) is 3.58. The van der Waals surface area contributed by atoms with Crippen molar-refractivity contribution in [2.24, 2.45) is 17.8 Å². The van der Waals surface area contributed by atoms with Gasteiger partial charge >= 0.3 is 0 Å². The number of amides is 1. The number of carbonyl (C=O) groups excluding carboxylic acids is 9. The molecule has 4 aliphatic rings. The van der Waals surface area contributed by atoms with E-state index >= 15 is 0 Å². The Kier molecular flexibility index (Phi) is 14.7. The van der Waals surface area contributed by atoms with Gasteiger partial charge in [0, 0.05) is 66.0 Å². The normalized spacial score (nSPS) is 20.4. The summed E-state index contributed by atoms with van der Waals surface area (Å²) in [6, 6.07) is 8.06. The van der Waals surface area contributed by atoms with E-state index in [2.05, 4.69) is 4.74 Å². The quantitative estimate of drug-likeness (QED) is 0.224. The number of ether oxygens (including phenoxy) is 2. The largest absolute Gasteiger partial charge is 0.462 e. The number of fused-ring (bicyclic) bond motifs is 2. The molecule has 13 heteroatoms. The smallest absolute Gasteiger partial charge is 0.293 e. The van der Waals surface area contributed by atoms with Crippen LogP contribution in [0.1, 0.15) is 118 Å². The number of rotatable bonds is 7. The van der Waals surface area contributed by atoms with E-state index in [0.717, 1.165) is 26.0 Å². The molecule has 2 aromatic carbocycles. The SMILES string of the molecule is CC(C)(C)OC=O.CN1CCC(C(=O)C2C(=O)c3ccc(C(=O)c4ccc5c(c4)C(=O)C(C=O)C5=O)cc3C2=O)C1.COC(C)(C)C.O=CN1CCCC1. The van der Waals surface area contributed by atoms with Gasteiger partial charge in [-0.3, -0.25) is 38.4 Å². The Morgan fingerprint density at radius 2 is 1.20 bits per heavy atom. The minimum atomic E-state index is -1.39. The molecule has 0 spiro atoms. The van der Waals surface area contributed by atoms with Crippen molar-refractivity contribution in [3.63, 3.8) is 0 Å². The van der Waals surface area contributed by atoms with E-state index < -0.39 is 40.8 Å². The molecular weight excluding hydrogens is 696 g/mol. The third-order valence-corrected chi connectivity index (χ3v) is 9.23. The van der Waals surface area contributed by atoms with Crippen LogP contribution in [0.15, 0.2) is 36.4 Å². The van der Waals surface area contributed by atoms with E-state index in [1.165, 1.54) is 49.2 Å². The van der Waals surface area contributed by atoms with Crippen molar-refractivity contribution in [3.05, 3.63) is 69.8 Å². The topological polar surface area (TPSA) is 179 Å². The Morgan fingerprint density at radius 3 is 1.59 bits per heavy atom. The lowest BCUT2D eigenvalue weighted by Crippen LogP contribution is -2.32. The molecule has 54 heavy (non-hydrogen) atoms. The van der Waals surface area contributed by atoms with Gasteiger partial charge in [0.05, 0.1) is 5.60 Å². The highest BCUT2D eigenvalue weighted by molar-refractivity contribution is 6.36. The van der Waals surface area contributed by atoms with Gasteiger partial charge in [0.1, 0.15) is 23.7 Å². The van der Waals surface area contributed by atoms with Gasteiger partial charge in [0.25, 0.3) is 6.47 Å². The average Bonchev–Trinajstić information content (AvgIpc) is 3.91. The zero-order valence-corrected chi connectivity index (χ0v) is 32.3. The second-order valence-electron chi connectivity index (χ2n) is 15.5. The van der Waals surface area contributed by atoms with Crippen LogP contribution < -0.4 is 0 Å². The van der Waals surface area contributed by atoms with Crippen molar-refractivity contribution in [1.82, 2.24) is 9.80 Å². The number of ketones is 6. The predicted molar refractivity (Wildman–Crippen MR) is 198 cm³/mol. The number of hydrogen-bond acceptors (Lipinski definition) is 12. The maximum atomic E-state index is 13.1. The number of aldehydes is 1. The Hall–Kier alpha value is -5.01. The zero-order chi connectivity index (χ0) is 40.5. The number of benzene rings is 2. The molecule has 0 bridgehead atoms. The number of nitrogens with zero attached hydrogens (tertiary/aromatic N) is 2. The Bertz CT molecular complexity index is 1790. The summed E-state index contributed by atoms with van der Waals surface area (Å²) in [5.41, 5.74) is 0.188. The first-order valence-electron chi connectivity index (χ1n) is 17.8. The van der Waals surface area contributed by atoms with Crippen LogP contribution in [-0.4, -0.2) is 115 Å². The molecule has 290 valence electrons. The minimum absolute atomic E-state index is 0.00700. The molecule has 2 fully saturated rings. The molecule has 0 N–H and O–H groups in total. The molecule has 2 heterocycles. The molecule has 6 rings (SSSR count). The van der Waals surface area contributed by atoms with Crippen LogP contribution in [0.4, 0.5) is 0 Å². The lowest BCUT2D eigenvalue weighted by molar-refractivity contribution is -0.138. The molecular formula is C41H50N2O11. The Balaban J connectivity index is 0.000000319. The number of methoxy groups -OCH3 is 1.